The Balaban J connectivity index is -0.000000101. The summed E-state index contributed by atoms with van der Waals surface area (Å²) in [6.07, 6.45) is 0. The SMILES string of the molecule is NC(N)=S.NC(N)=S.O=[P+](O)O. The lowest BCUT2D eigenvalue weighted by Gasteiger charge is -1.68. The molecule has 12 heavy (non-hydrogen) atoms. The number of thiocarbonyl (C=S) groups is 2. The molecule has 10 heteroatoms. The molecule has 72 valence electrons. The van der Waals surface area contributed by atoms with Gasteiger partial charge in [-0.25, -0.2) is 0 Å². The summed E-state index contributed by atoms with van der Waals surface area (Å²) >= 11 is 8.19. The minimum absolute atomic E-state index is 0.000000000000000222. The summed E-state index contributed by atoms with van der Waals surface area (Å²) in [5.74, 6) is 0. The van der Waals surface area contributed by atoms with Crippen LogP contribution in [-0.4, -0.2) is 20.0 Å². The van der Waals surface area contributed by atoms with Crippen LogP contribution in [-0.2, 0) is 4.57 Å². The zero-order chi connectivity index (χ0) is 10.7. The van der Waals surface area contributed by atoms with Gasteiger partial charge in [0.15, 0.2) is 10.2 Å². The molecule has 0 saturated heterocycles. The zero-order valence-electron chi connectivity index (χ0n) is 5.88. The van der Waals surface area contributed by atoms with Crippen LogP contribution in [0, 0.1) is 0 Å². The molecule has 0 aromatic heterocycles. The van der Waals surface area contributed by atoms with Crippen molar-refractivity contribution in [3.63, 3.8) is 0 Å². The van der Waals surface area contributed by atoms with E-state index >= 15 is 0 Å². The Labute approximate surface area is 80.7 Å². The van der Waals surface area contributed by atoms with Crippen LogP contribution in [0.15, 0.2) is 0 Å². The molecule has 0 aliphatic heterocycles. The molecule has 0 unspecified atom stereocenters. The van der Waals surface area contributed by atoms with Gasteiger partial charge < -0.3 is 22.9 Å². The number of hydrogen-bond acceptors (Lipinski definition) is 3. The molecule has 0 aliphatic carbocycles. The minimum Gasteiger partial charge on any atom is -0.377 e. The van der Waals surface area contributed by atoms with Crippen LogP contribution >= 0.6 is 32.7 Å². The summed E-state index contributed by atoms with van der Waals surface area (Å²) in [5, 5.41) is 0.000000000000000444. The Hall–Kier alpha value is -0.600. The van der Waals surface area contributed by atoms with Crippen molar-refractivity contribution >= 4 is 42.9 Å². The lowest BCUT2D eigenvalue weighted by atomic mass is 11.3. The third-order valence-electron chi connectivity index (χ3n) is 0. The van der Waals surface area contributed by atoms with E-state index in [9.17, 15) is 0 Å². The highest BCUT2D eigenvalue weighted by Crippen LogP contribution is 1.98. The molecular weight excluding hydrogens is 223 g/mol. The molecule has 0 radical (unpaired) electrons. The largest absolute Gasteiger partial charge is 0.692 e. The van der Waals surface area contributed by atoms with Crippen molar-refractivity contribution in [1.29, 1.82) is 0 Å². The third-order valence-corrected chi connectivity index (χ3v) is 0. The molecule has 0 aromatic rings. The second kappa shape index (κ2) is 13.0. The molecule has 0 fully saturated rings. The summed E-state index contributed by atoms with van der Waals surface area (Å²) in [7, 11) is -2.87. The lowest BCUT2D eigenvalue weighted by Crippen LogP contribution is -2.18. The van der Waals surface area contributed by atoms with Gasteiger partial charge in [-0.05, 0) is 24.4 Å². The molecule has 0 atom stereocenters. The predicted octanol–water partition coefficient (Wildman–Crippen LogP) is -1.99. The van der Waals surface area contributed by atoms with Crippen molar-refractivity contribution < 1.29 is 14.4 Å². The smallest absolute Gasteiger partial charge is 0.377 e. The molecule has 0 aliphatic rings. The van der Waals surface area contributed by atoms with Crippen LogP contribution in [0.25, 0.3) is 0 Å². The second-order valence-electron chi connectivity index (χ2n) is 1.06. The fourth-order valence-corrected chi connectivity index (χ4v) is 0. The van der Waals surface area contributed by atoms with E-state index in [0.717, 1.165) is 0 Å². The highest BCUT2D eigenvalue weighted by atomic mass is 32.1. The van der Waals surface area contributed by atoms with E-state index in [1.807, 2.05) is 0 Å². The first-order valence-electron chi connectivity index (χ1n) is 2.15. The Morgan fingerprint density at radius 3 is 1.00 bits per heavy atom. The van der Waals surface area contributed by atoms with Gasteiger partial charge >= 0.3 is 8.25 Å². The number of hydrogen-bond donors (Lipinski definition) is 6. The molecule has 0 saturated carbocycles. The summed E-state index contributed by atoms with van der Waals surface area (Å²) in [6, 6.07) is 0. The Bertz CT molecular complexity index is 124. The van der Waals surface area contributed by atoms with Gasteiger partial charge in [-0.15, -0.1) is 9.79 Å². The maximum absolute atomic E-state index is 8.70. The highest BCUT2D eigenvalue weighted by molar-refractivity contribution is 7.80. The van der Waals surface area contributed by atoms with Crippen LogP contribution in [0.5, 0.6) is 0 Å². The molecule has 0 rings (SSSR count). The summed E-state index contributed by atoms with van der Waals surface area (Å²) in [5.41, 5.74) is 18.5. The molecule has 0 bridgehead atoms. The van der Waals surface area contributed by atoms with E-state index in [2.05, 4.69) is 47.4 Å². The molecule has 7 nitrogen and oxygen atoms in total. The van der Waals surface area contributed by atoms with Crippen molar-refractivity contribution in [1.82, 2.24) is 0 Å². The van der Waals surface area contributed by atoms with Crippen LogP contribution in [0.4, 0.5) is 0 Å². The zero-order valence-corrected chi connectivity index (χ0v) is 8.40. The van der Waals surface area contributed by atoms with Gasteiger partial charge in [0.05, 0.1) is 0 Å². The topological polar surface area (TPSA) is 162 Å². The van der Waals surface area contributed by atoms with Crippen LogP contribution in [0.3, 0.4) is 0 Å². The molecule has 0 spiro atoms. The monoisotopic (exact) mass is 233 g/mol. The lowest BCUT2D eigenvalue weighted by molar-refractivity contribution is 0.405. The Kier molecular flexibility index (Phi) is 19.0. The van der Waals surface area contributed by atoms with Gasteiger partial charge in [0, 0.05) is 4.57 Å². The van der Waals surface area contributed by atoms with Gasteiger partial charge in [-0.3, -0.25) is 0 Å². The average Bonchev–Trinajstić information content (AvgIpc) is 1.54. The fraction of sp³-hybridized carbons (Fsp3) is 0. The molecule has 10 N–H and O–H groups in total. The van der Waals surface area contributed by atoms with Gasteiger partial charge in [0.1, 0.15) is 0 Å². The van der Waals surface area contributed by atoms with Gasteiger partial charge in [0.25, 0.3) is 0 Å². The molecule has 0 amide bonds. The quantitative estimate of drug-likeness (QED) is 0.205. The third kappa shape index (κ3) is 1840. The summed E-state index contributed by atoms with van der Waals surface area (Å²) in [6.45, 7) is 0. The Morgan fingerprint density at radius 2 is 1.00 bits per heavy atom. The maximum Gasteiger partial charge on any atom is 0.692 e. The van der Waals surface area contributed by atoms with E-state index in [0.29, 0.717) is 0 Å². The number of nitrogens with two attached hydrogens (primary N) is 4. The summed E-state index contributed by atoms with van der Waals surface area (Å²) in [4.78, 5) is 14.2. The Morgan fingerprint density at radius 1 is 1.00 bits per heavy atom. The van der Waals surface area contributed by atoms with E-state index < -0.39 is 8.25 Å². The molecule has 0 heterocycles. The van der Waals surface area contributed by atoms with Crippen LogP contribution < -0.4 is 22.9 Å². The first kappa shape index (κ1) is 17.5. The molecular formula is C2H10N4O3PS2+. The maximum atomic E-state index is 8.70. The highest BCUT2D eigenvalue weighted by Gasteiger charge is 1.93. The van der Waals surface area contributed by atoms with Crippen molar-refractivity contribution in [2.75, 3.05) is 0 Å². The van der Waals surface area contributed by atoms with Crippen LogP contribution in [0.1, 0.15) is 0 Å². The standard InChI is InChI=1S/2CH4N2S.HO3P/c2*2-1(3)4;1-4(2)3/h2*(H4,2,3,4);(H-,1,2,3)/p+1. The second-order valence-corrected chi connectivity index (χ2v) is 2.51. The fourth-order valence-electron chi connectivity index (χ4n) is 0. The van der Waals surface area contributed by atoms with E-state index in [-0.39, 0.29) is 10.2 Å². The van der Waals surface area contributed by atoms with Gasteiger partial charge in [0.2, 0.25) is 0 Å². The normalized spacial score (nSPS) is 6.17. The van der Waals surface area contributed by atoms with E-state index in [1.165, 1.54) is 0 Å². The summed E-state index contributed by atoms with van der Waals surface area (Å²) < 4.78 is 8.70. The van der Waals surface area contributed by atoms with Crippen molar-refractivity contribution in [2.24, 2.45) is 22.9 Å². The molecule has 0 aromatic carbocycles. The predicted molar refractivity (Wildman–Crippen MR) is 54.0 cm³/mol. The van der Waals surface area contributed by atoms with E-state index in [4.69, 9.17) is 14.4 Å². The van der Waals surface area contributed by atoms with Crippen molar-refractivity contribution in [2.45, 2.75) is 0 Å². The average molecular weight is 233 g/mol. The first-order valence-corrected chi connectivity index (χ1v) is 4.13. The van der Waals surface area contributed by atoms with Crippen LogP contribution in [0.2, 0.25) is 0 Å². The van der Waals surface area contributed by atoms with Crippen molar-refractivity contribution in [3.05, 3.63) is 0 Å². The van der Waals surface area contributed by atoms with Gasteiger partial charge in [-0.2, -0.15) is 0 Å². The van der Waals surface area contributed by atoms with Crippen molar-refractivity contribution in [3.8, 4) is 0 Å². The first-order chi connectivity index (χ1) is 5.20. The number of rotatable bonds is 0. The van der Waals surface area contributed by atoms with Gasteiger partial charge in [-0.1, -0.05) is 0 Å². The minimum atomic E-state index is -2.87. The van der Waals surface area contributed by atoms with E-state index in [1.54, 1.807) is 0 Å².